The van der Waals surface area contributed by atoms with E-state index in [2.05, 4.69) is 0 Å². The average molecular weight is 231 g/mol. The molecule has 0 amide bonds. The summed E-state index contributed by atoms with van der Waals surface area (Å²) in [6.07, 6.45) is 0.833. The van der Waals surface area contributed by atoms with Crippen molar-refractivity contribution in [3.05, 3.63) is 35.9 Å². The maximum atomic E-state index is 10.0. The van der Waals surface area contributed by atoms with Crippen molar-refractivity contribution in [1.82, 2.24) is 0 Å². The molecule has 1 aromatic carbocycles. The fourth-order valence-electron chi connectivity index (χ4n) is 0.681. The highest BCUT2D eigenvalue weighted by Gasteiger charge is 1.98. The standard InChI is InChI=1S/C7H6O.C2H7NO3S/c8-6-7-4-2-1-3-5-7;3-1-2-7(4,5)6/h1-6H;1-3H2,(H,4,5,6). The summed E-state index contributed by atoms with van der Waals surface area (Å²) >= 11 is 0. The third-order valence-electron chi connectivity index (χ3n) is 1.31. The number of carbonyl (C=O) groups excluding carboxylic acids is 1. The fraction of sp³-hybridized carbons (Fsp3) is 0.222. The van der Waals surface area contributed by atoms with Crippen LogP contribution in [0.3, 0.4) is 0 Å². The Hall–Kier alpha value is -1.24. The molecule has 1 rings (SSSR count). The Morgan fingerprint density at radius 1 is 1.27 bits per heavy atom. The van der Waals surface area contributed by atoms with Crippen LogP contribution in [0, 0.1) is 0 Å². The topological polar surface area (TPSA) is 97.5 Å². The SMILES string of the molecule is NCCS(=O)(=O)O.O=Cc1ccccc1. The maximum absolute atomic E-state index is 10.0. The molecule has 0 saturated heterocycles. The van der Waals surface area contributed by atoms with Gasteiger partial charge >= 0.3 is 0 Å². The van der Waals surface area contributed by atoms with E-state index < -0.39 is 10.1 Å². The van der Waals surface area contributed by atoms with Crippen LogP contribution in [0.5, 0.6) is 0 Å². The summed E-state index contributed by atoms with van der Waals surface area (Å²) < 4.78 is 27.3. The van der Waals surface area contributed by atoms with Gasteiger partial charge in [0.15, 0.2) is 0 Å². The molecule has 0 bridgehead atoms. The van der Waals surface area contributed by atoms with Crippen molar-refractivity contribution in [2.75, 3.05) is 12.3 Å². The number of nitrogens with two attached hydrogens (primary N) is 1. The predicted molar refractivity (Wildman–Crippen MR) is 57.3 cm³/mol. The normalized spacial score (nSPS) is 10.0. The molecule has 1 aromatic rings. The first-order valence-corrected chi connectivity index (χ1v) is 5.76. The minimum absolute atomic E-state index is 0.0289. The monoisotopic (exact) mass is 231 g/mol. The quantitative estimate of drug-likeness (QED) is 0.577. The molecule has 84 valence electrons. The molecule has 0 aliphatic carbocycles. The third kappa shape index (κ3) is 9.07. The molecule has 0 atom stereocenters. The van der Waals surface area contributed by atoms with E-state index in [9.17, 15) is 13.2 Å². The van der Waals surface area contributed by atoms with E-state index in [-0.39, 0.29) is 12.3 Å². The number of hydrogen-bond donors (Lipinski definition) is 2. The minimum atomic E-state index is -3.80. The lowest BCUT2D eigenvalue weighted by Crippen LogP contribution is -2.13. The molecule has 3 N–H and O–H groups in total. The van der Waals surface area contributed by atoms with E-state index in [0.29, 0.717) is 0 Å². The Labute approximate surface area is 88.7 Å². The highest BCUT2D eigenvalue weighted by molar-refractivity contribution is 7.85. The first kappa shape index (κ1) is 13.8. The molecule has 0 saturated carbocycles. The van der Waals surface area contributed by atoms with Gasteiger partial charge in [-0.3, -0.25) is 9.35 Å². The third-order valence-corrected chi connectivity index (χ3v) is 2.06. The van der Waals surface area contributed by atoms with Gasteiger partial charge in [-0.15, -0.1) is 0 Å². The first-order chi connectivity index (χ1) is 6.99. The van der Waals surface area contributed by atoms with Gasteiger partial charge in [-0.2, -0.15) is 8.42 Å². The fourth-order valence-corrected chi connectivity index (χ4v) is 0.978. The summed E-state index contributed by atoms with van der Waals surface area (Å²) in [7, 11) is -3.80. The van der Waals surface area contributed by atoms with E-state index >= 15 is 0 Å². The molecule has 6 heteroatoms. The Morgan fingerprint density at radius 3 is 2.00 bits per heavy atom. The number of hydrogen-bond acceptors (Lipinski definition) is 4. The van der Waals surface area contributed by atoms with Crippen LogP contribution < -0.4 is 5.73 Å². The van der Waals surface area contributed by atoms with Crippen molar-refractivity contribution in [2.24, 2.45) is 5.73 Å². The second kappa shape index (κ2) is 7.10. The van der Waals surface area contributed by atoms with Gasteiger partial charge in [-0.25, -0.2) is 0 Å². The molecular weight excluding hydrogens is 218 g/mol. The van der Waals surface area contributed by atoms with Crippen LogP contribution in [0.4, 0.5) is 0 Å². The smallest absolute Gasteiger partial charge is 0.266 e. The number of carbonyl (C=O) groups is 1. The van der Waals surface area contributed by atoms with Gasteiger partial charge in [0, 0.05) is 12.1 Å². The molecule has 0 spiro atoms. The Kier molecular flexibility index (Phi) is 6.52. The van der Waals surface area contributed by atoms with Gasteiger partial charge in [0.1, 0.15) is 6.29 Å². The van der Waals surface area contributed by atoms with Crippen molar-refractivity contribution in [3.63, 3.8) is 0 Å². The average Bonchev–Trinajstić information content (AvgIpc) is 2.18. The summed E-state index contributed by atoms with van der Waals surface area (Å²) in [5.74, 6) is -0.354. The Morgan fingerprint density at radius 2 is 1.80 bits per heavy atom. The van der Waals surface area contributed by atoms with Crippen molar-refractivity contribution in [1.29, 1.82) is 0 Å². The summed E-state index contributed by atoms with van der Waals surface area (Å²) in [5, 5.41) is 0. The highest BCUT2D eigenvalue weighted by Crippen LogP contribution is 1.91. The number of benzene rings is 1. The second-order valence-electron chi connectivity index (χ2n) is 2.60. The summed E-state index contributed by atoms with van der Waals surface area (Å²) in [4.78, 5) is 10.0. The van der Waals surface area contributed by atoms with Gasteiger partial charge in [-0.05, 0) is 0 Å². The van der Waals surface area contributed by atoms with Crippen LogP contribution in [0.25, 0.3) is 0 Å². The van der Waals surface area contributed by atoms with Crippen LogP contribution in [-0.2, 0) is 10.1 Å². The lowest BCUT2D eigenvalue weighted by atomic mass is 10.2. The zero-order valence-corrected chi connectivity index (χ0v) is 8.85. The van der Waals surface area contributed by atoms with Gasteiger partial charge in [0.2, 0.25) is 0 Å². The summed E-state index contributed by atoms with van der Waals surface area (Å²) in [5.41, 5.74) is 5.50. The van der Waals surface area contributed by atoms with Crippen molar-refractivity contribution >= 4 is 16.4 Å². The van der Waals surface area contributed by atoms with E-state index in [1.54, 1.807) is 12.1 Å². The summed E-state index contributed by atoms with van der Waals surface area (Å²) in [6, 6.07) is 9.10. The molecule has 0 heterocycles. The zero-order chi connectivity index (χ0) is 11.7. The Balaban J connectivity index is 0.000000265. The highest BCUT2D eigenvalue weighted by atomic mass is 32.2. The molecule has 0 aromatic heterocycles. The first-order valence-electron chi connectivity index (χ1n) is 4.15. The van der Waals surface area contributed by atoms with Crippen LogP contribution in [0.1, 0.15) is 10.4 Å². The lowest BCUT2D eigenvalue weighted by molar-refractivity contribution is 0.112. The van der Waals surface area contributed by atoms with Gasteiger partial charge < -0.3 is 5.73 Å². The minimum Gasteiger partial charge on any atom is -0.329 e. The van der Waals surface area contributed by atoms with E-state index in [1.807, 2.05) is 18.2 Å². The summed E-state index contributed by atoms with van der Waals surface area (Å²) in [6.45, 7) is -0.0289. The number of rotatable bonds is 3. The van der Waals surface area contributed by atoms with Gasteiger partial charge in [0.25, 0.3) is 10.1 Å². The molecule has 0 radical (unpaired) electrons. The molecule has 0 fully saturated rings. The van der Waals surface area contributed by atoms with E-state index in [1.165, 1.54) is 0 Å². The van der Waals surface area contributed by atoms with E-state index in [0.717, 1.165) is 11.8 Å². The largest absolute Gasteiger partial charge is 0.329 e. The second-order valence-corrected chi connectivity index (χ2v) is 4.18. The van der Waals surface area contributed by atoms with Gasteiger partial charge in [0.05, 0.1) is 5.75 Å². The predicted octanol–water partition coefficient (Wildman–Crippen LogP) is 0.332. The molecular formula is C9H13NO4S. The van der Waals surface area contributed by atoms with Crippen LogP contribution in [0.2, 0.25) is 0 Å². The van der Waals surface area contributed by atoms with Crippen LogP contribution >= 0.6 is 0 Å². The lowest BCUT2D eigenvalue weighted by Gasteiger charge is -1.86. The molecule has 15 heavy (non-hydrogen) atoms. The van der Waals surface area contributed by atoms with Crippen molar-refractivity contribution in [2.45, 2.75) is 0 Å². The van der Waals surface area contributed by atoms with Crippen LogP contribution in [0.15, 0.2) is 30.3 Å². The van der Waals surface area contributed by atoms with Gasteiger partial charge in [-0.1, -0.05) is 30.3 Å². The molecule has 5 nitrogen and oxygen atoms in total. The van der Waals surface area contributed by atoms with Crippen molar-refractivity contribution < 1.29 is 17.8 Å². The molecule has 0 aliphatic rings. The maximum Gasteiger partial charge on any atom is 0.266 e. The Bertz CT molecular complexity index is 374. The number of aldehydes is 1. The van der Waals surface area contributed by atoms with Crippen molar-refractivity contribution in [3.8, 4) is 0 Å². The van der Waals surface area contributed by atoms with E-state index in [4.69, 9.17) is 10.3 Å². The zero-order valence-electron chi connectivity index (χ0n) is 8.04. The molecule has 0 unspecified atom stereocenters. The molecule has 0 aliphatic heterocycles. The van der Waals surface area contributed by atoms with Crippen LogP contribution in [-0.4, -0.2) is 31.6 Å².